The van der Waals surface area contributed by atoms with Crippen LogP contribution in [-0.2, 0) is 0 Å². The van der Waals surface area contributed by atoms with Gasteiger partial charge in [0, 0.05) is 12.4 Å². The van der Waals surface area contributed by atoms with Crippen molar-refractivity contribution in [2.24, 2.45) is 9.98 Å². The van der Waals surface area contributed by atoms with Gasteiger partial charge in [0.25, 0.3) is 0 Å². The molecule has 3 aromatic rings. The molecule has 0 amide bonds. The largest absolute Gasteiger partial charge is 0.372 e. The van der Waals surface area contributed by atoms with Gasteiger partial charge < -0.3 is 5.11 Å². The fourth-order valence-corrected chi connectivity index (χ4v) is 2.19. The molecule has 2 aromatic carbocycles. The van der Waals surface area contributed by atoms with Crippen molar-refractivity contribution in [2.75, 3.05) is 0 Å². The van der Waals surface area contributed by atoms with Crippen molar-refractivity contribution in [1.29, 1.82) is 0 Å². The van der Waals surface area contributed by atoms with E-state index in [-0.39, 0.29) is 0 Å². The zero-order chi connectivity index (χ0) is 16.8. The Kier molecular flexibility index (Phi) is 4.93. The van der Waals surface area contributed by atoms with E-state index in [4.69, 9.17) is 0 Å². The smallest absolute Gasteiger partial charge is 0.179 e. The highest BCUT2D eigenvalue weighted by atomic mass is 16.3. The van der Waals surface area contributed by atoms with Crippen LogP contribution in [0.15, 0.2) is 76.8 Å². The van der Waals surface area contributed by atoms with Gasteiger partial charge in [-0.3, -0.25) is 4.99 Å². The first-order valence-corrected chi connectivity index (χ1v) is 7.68. The molecule has 1 atom stereocenters. The van der Waals surface area contributed by atoms with Crippen LogP contribution >= 0.6 is 0 Å². The van der Waals surface area contributed by atoms with Gasteiger partial charge in [-0.1, -0.05) is 60.7 Å². The van der Waals surface area contributed by atoms with Crippen LogP contribution in [0.1, 0.15) is 24.3 Å². The summed E-state index contributed by atoms with van der Waals surface area (Å²) in [7, 11) is 0. The molecule has 5 heteroatoms. The first-order valence-electron chi connectivity index (χ1n) is 7.68. The van der Waals surface area contributed by atoms with Crippen LogP contribution in [0.25, 0.3) is 0 Å². The number of nitrogens with zero attached hydrogens (tertiary/aromatic N) is 4. The first kappa shape index (κ1) is 15.8. The molecule has 0 spiro atoms. The van der Waals surface area contributed by atoms with Crippen LogP contribution in [0.5, 0.6) is 0 Å². The van der Waals surface area contributed by atoms with E-state index in [9.17, 15) is 5.11 Å². The van der Waals surface area contributed by atoms with Crippen LogP contribution < -0.4 is 0 Å². The van der Waals surface area contributed by atoms with Gasteiger partial charge in [-0.15, -0.1) is 0 Å². The Bertz CT molecular complexity index is 836. The molecule has 0 bridgehead atoms. The van der Waals surface area contributed by atoms with Crippen molar-refractivity contribution in [3.63, 3.8) is 0 Å². The summed E-state index contributed by atoms with van der Waals surface area (Å²) < 4.78 is 1.44. The lowest BCUT2D eigenvalue weighted by Crippen LogP contribution is -2.04. The third-order valence-electron chi connectivity index (χ3n) is 3.39. The Labute approximate surface area is 140 Å². The fraction of sp³-hybridized carbons (Fsp3) is 0.105. The monoisotopic (exact) mass is 318 g/mol. The normalized spacial score (nSPS) is 12.9. The second kappa shape index (κ2) is 7.48. The molecule has 1 heterocycles. The highest BCUT2D eigenvalue weighted by Crippen LogP contribution is 2.29. The quantitative estimate of drug-likeness (QED) is 0.725. The first-order chi connectivity index (χ1) is 11.7. The average Bonchev–Trinajstić information content (AvgIpc) is 3.03. The second-order valence-electron chi connectivity index (χ2n) is 5.27. The number of hydrogen-bond acceptors (Lipinski definition) is 4. The van der Waals surface area contributed by atoms with Crippen molar-refractivity contribution in [2.45, 2.75) is 13.2 Å². The fourth-order valence-electron chi connectivity index (χ4n) is 2.19. The number of benzene rings is 2. The molecule has 0 aliphatic heterocycles. The minimum Gasteiger partial charge on any atom is -0.372 e. The van der Waals surface area contributed by atoms with E-state index < -0.39 is 6.23 Å². The molecule has 3 rings (SSSR count). The Hall–Kier alpha value is -3.05. The van der Waals surface area contributed by atoms with E-state index in [0.29, 0.717) is 11.5 Å². The summed E-state index contributed by atoms with van der Waals surface area (Å²) in [5, 5.41) is 14.1. The number of aliphatic imine (C=N–C) groups is 2. The third kappa shape index (κ3) is 3.83. The van der Waals surface area contributed by atoms with E-state index in [1.165, 1.54) is 4.68 Å². The maximum atomic E-state index is 9.88. The summed E-state index contributed by atoms with van der Waals surface area (Å²) in [6.07, 6.45) is 4.31. The third-order valence-corrected chi connectivity index (χ3v) is 3.39. The van der Waals surface area contributed by atoms with Crippen molar-refractivity contribution in [1.82, 2.24) is 9.78 Å². The summed E-state index contributed by atoms with van der Waals surface area (Å²) in [4.78, 5) is 8.93. The highest BCUT2D eigenvalue weighted by Gasteiger charge is 2.12. The van der Waals surface area contributed by atoms with Crippen LogP contribution in [0.4, 0.5) is 11.5 Å². The van der Waals surface area contributed by atoms with Gasteiger partial charge >= 0.3 is 0 Å². The SMILES string of the molecule is CC(O)n1ncc(/N=C/c2ccccc2)c1/N=C/c1ccccc1. The predicted molar refractivity (Wildman–Crippen MR) is 96.5 cm³/mol. The van der Waals surface area contributed by atoms with Crippen molar-refractivity contribution in [3.8, 4) is 0 Å². The van der Waals surface area contributed by atoms with Gasteiger partial charge in [-0.05, 0) is 18.1 Å². The molecule has 0 radical (unpaired) electrons. The molecular formula is C19H18N4O. The Balaban J connectivity index is 1.92. The molecule has 0 fully saturated rings. The van der Waals surface area contributed by atoms with Gasteiger partial charge in [-0.2, -0.15) is 5.10 Å². The number of rotatable bonds is 5. The van der Waals surface area contributed by atoms with E-state index in [1.54, 1.807) is 25.5 Å². The Morgan fingerprint density at radius 1 is 0.917 bits per heavy atom. The number of hydrogen-bond donors (Lipinski definition) is 1. The van der Waals surface area contributed by atoms with Gasteiger partial charge in [-0.25, -0.2) is 9.67 Å². The van der Waals surface area contributed by atoms with Crippen LogP contribution in [-0.4, -0.2) is 27.3 Å². The Morgan fingerprint density at radius 2 is 1.46 bits per heavy atom. The molecule has 1 unspecified atom stereocenters. The van der Waals surface area contributed by atoms with Gasteiger partial charge in [0.05, 0.1) is 6.20 Å². The minimum absolute atomic E-state index is 0.515. The van der Waals surface area contributed by atoms with Gasteiger partial charge in [0.2, 0.25) is 0 Å². The van der Waals surface area contributed by atoms with E-state index >= 15 is 0 Å². The summed E-state index contributed by atoms with van der Waals surface area (Å²) in [6.45, 7) is 1.64. The summed E-state index contributed by atoms with van der Waals surface area (Å²) in [5.74, 6) is 0.515. The zero-order valence-corrected chi connectivity index (χ0v) is 13.3. The molecule has 0 aliphatic rings. The standard InChI is InChI=1S/C19H18N4O/c1-15(24)23-19(21-13-17-10-6-3-7-11-17)18(14-22-23)20-12-16-8-4-2-5-9-16/h2-15,24H,1H3/b20-12+,21-13+. The molecular weight excluding hydrogens is 300 g/mol. The van der Waals surface area contributed by atoms with Gasteiger partial charge in [0.1, 0.15) is 11.9 Å². The van der Waals surface area contributed by atoms with Crippen molar-refractivity contribution >= 4 is 23.9 Å². The summed E-state index contributed by atoms with van der Waals surface area (Å²) in [6, 6.07) is 19.6. The molecule has 24 heavy (non-hydrogen) atoms. The van der Waals surface area contributed by atoms with E-state index in [0.717, 1.165) is 11.1 Å². The summed E-state index contributed by atoms with van der Waals surface area (Å²) >= 11 is 0. The maximum Gasteiger partial charge on any atom is 0.179 e. The molecule has 0 saturated carbocycles. The van der Waals surface area contributed by atoms with Crippen molar-refractivity contribution < 1.29 is 5.11 Å². The number of aliphatic hydroxyl groups excluding tert-OH is 1. The molecule has 1 aromatic heterocycles. The maximum absolute atomic E-state index is 9.88. The topological polar surface area (TPSA) is 62.8 Å². The van der Waals surface area contributed by atoms with E-state index in [1.807, 2.05) is 60.7 Å². The molecule has 0 aliphatic carbocycles. The van der Waals surface area contributed by atoms with Crippen LogP contribution in [0.3, 0.4) is 0 Å². The zero-order valence-electron chi connectivity index (χ0n) is 13.3. The second-order valence-corrected chi connectivity index (χ2v) is 5.27. The molecule has 5 nitrogen and oxygen atoms in total. The molecule has 1 N–H and O–H groups in total. The van der Waals surface area contributed by atoms with Crippen LogP contribution in [0.2, 0.25) is 0 Å². The average molecular weight is 318 g/mol. The Morgan fingerprint density at radius 3 is 2.00 bits per heavy atom. The number of aromatic nitrogens is 2. The minimum atomic E-state index is -0.784. The number of aliphatic hydroxyl groups is 1. The predicted octanol–water partition coefficient (Wildman–Crippen LogP) is 3.90. The van der Waals surface area contributed by atoms with E-state index in [2.05, 4.69) is 15.1 Å². The van der Waals surface area contributed by atoms with Gasteiger partial charge in [0.15, 0.2) is 5.82 Å². The highest BCUT2D eigenvalue weighted by molar-refractivity contribution is 5.85. The molecule has 0 saturated heterocycles. The molecule has 120 valence electrons. The lowest BCUT2D eigenvalue weighted by Gasteiger charge is -2.06. The summed E-state index contributed by atoms with van der Waals surface area (Å²) in [5.41, 5.74) is 2.56. The van der Waals surface area contributed by atoms with Crippen molar-refractivity contribution in [3.05, 3.63) is 78.0 Å². The lowest BCUT2D eigenvalue weighted by atomic mass is 10.2. The lowest BCUT2D eigenvalue weighted by molar-refractivity contribution is 0.112. The van der Waals surface area contributed by atoms with Crippen LogP contribution in [0, 0.1) is 0 Å².